The number of halogens is 2. The van der Waals surface area contributed by atoms with Crippen LogP contribution in [0.4, 0.5) is 0 Å². The molecule has 2 heterocycles. The highest BCUT2D eigenvalue weighted by Crippen LogP contribution is 2.39. The third-order valence-corrected chi connectivity index (χ3v) is 4.93. The van der Waals surface area contributed by atoms with Gasteiger partial charge in [0.15, 0.2) is 10.9 Å². The number of carbonyl (C=O) groups excluding carboxylic acids is 2. The van der Waals surface area contributed by atoms with Crippen LogP contribution in [0.25, 0.3) is 6.08 Å². The van der Waals surface area contributed by atoms with E-state index in [1.807, 2.05) is 6.07 Å². The van der Waals surface area contributed by atoms with Crippen molar-refractivity contribution in [3.63, 3.8) is 0 Å². The van der Waals surface area contributed by atoms with Gasteiger partial charge in [-0.1, -0.05) is 40.5 Å². The zero-order valence-electron chi connectivity index (χ0n) is 15.8. The molecule has 0 bridgehead atoms. The largest absolute Gasteiger partial charge is 0.452 e. The van der Waals surface area contributed by atoms with E-state index in [0.29, 0.717) is 39.8 Å². The van der Waals surface area contributed by atoms with E-state index in [9.17, 15) is 9.59 Å². The van der Waals surface area contributed by atoms with Gasteiger partial charge in [0.1, 0.15) is 17.3 Å². The van der Waals surface area contributed by atoms with Gasteiger partial charge in [-0.15, -0.1) is 0 Å². The van der Waals surface area contributed by atoms with E-state index in [1.165, 1.54) is 0 Å². The van der Waals surface area contributed by atoms with Crippen LogP contribution in [0.2, 0.25) is 10.2 Å². The first-order valence-electron chi connectivity index (χ1n) is 9.06. The Morgan fingerprint density at radius 1 is 1.20 bits per heavy atom. The number of aryl methyl sites for hydroxylation is 1. The number of ether oxygens (including phenoxy) is 2. The molecule has 1 aromatic heterocycles. The number of fused-ring (bicyclic) bond motifs is 1. The lowest BCUT2D eigenvalue weighted by Crippen LogP contribution is -2.10. The van der Waals surface area contributed by atoms with Crippen LogP contribution >= 0.6 is 23.2 Å². The molecule has 8 heteroatoms. The quantitative estimate of drug-likeness (QED) is 0.296. The molecule has 0 saturated carbocycles. The van der Waals surface area contributed by atoms with Gasteiger partial charge in [0.2, 0.25) is 5.78 Å². The number of benzene rings is 2. The number of nitrogens with zero attached hydrogens (tertiary/aromatic N) is 1. The fourth-order valence-electron chi connectivity index (χ4n) is 3.03. The lowest BCUT2D eigenvalue weighted by molar-refractivity contribution is -0.134. The minimum absolute atomic E-state index is 0.0851. The number of hydrogen-bond acceptors (Lipinski definition) is 6. The van der Waals surface area contributed by atoms with E-state index in [0.717, 1.165) is 5.56 Å². The molecule has 1 aliphatic rings. The Kier molecular flexibility index (Phi) is 5.61. The topological polar surface area (TPSA) is 78.6 Å². The summed E-state index contributed by atoms with van der Waals surface area (Å²) in [5.41, 5.74) is 1.72. The summed E-state index contributed by atoms with van der Waals surface area (Å²) in [5, 5.41) is 4.35. The summed E-state index contributed by atoms with van der Waals surface area (Å²) in [6, 6.07) is 11.8. The maximum Gasteiger partial charge on any atom is 0.311 e. The summed E-state index contributed by atoms with van der Waals surface area (Å²) in [6.07, 6.45) is 2.02. The SMILES string of the molecule is Cc1c(OC(=O)CCc2cc(Cl)no2)ccc2c1O/C(=C\c1cccc(Cl)c1)C2=O. The van der Waals surface area contributed by atoms with Crippen LogP contribution in [0.1, 0.15) is 33.7 Å². The molecule has 0 atom stereocenters. The van der Waals surface area contributed by atoms with Crippen molar-refractivity contribution in [2.75, 3.05) is 0 Å². The molecule has 0 N–H and O–H groups in total. The van der Waals surface area contributed by atoms with Crippen LogP contribution in [-0.2, 0) is 11.2 Å². The van der Waals surface area contributed by atoms with Crippen molar-refractivity contribution in [1.29, 1.82) is 0 Å². The van der Waals surface area contributed by atoms with Gasteiger partial charge >= 0.3 is 5.97 Å². The number of esters is 1. The normalized spacial score (nSPS) is 14.0. The molecule has 0 unspecified atom stereocenters. The number of rotatable bonds is 5. The summed E-state index contributed by atoms with van der Waals surface area (Å²) in [7, 11) is 0. The second-order valence-corrected chi connectivity index (χ2v) is 7.47. The van der Waals surface area contributed by atoms with Gasteiger partial charge in [0.05, 0.1) is 12.0 Å². The van der Waals surface area contributed by atoms with Gasteiger partial charge in [0, 0.05) is 23.1 Å². The van der Waals surface area contributed by atoms with Crippen LogP contribution in [-0.4, -0.2) is 16.9 Å². The molecule has 0 aliphatic carbocycles. The van der Waals surface area contributed by atoms with E-state index in [1.54, 1.807) is 49.4 Å². The third-order valence-electron chi connectivity index (χ3n) is 4.51. The molecule has 1 aliphatic heterocycles. The van der Waals surface area contributed by atoms with Gasteiger partial charge < -0.3 is 14.0 Å². The monoisotopic (exact) mass is 443 g/mol. The maximum absolute atomic E-state index is 12.7. The average Bonchev–Trinajstić information content (AvgIpc) is 3.26. The zero-order valence-corrected chi connectivity index (χ0v) is 17.3. The second kappa shape index (κ2) is 8.34. The number of ketones is 1. The Morgan fingerprint density at radius 2 is 2.03 bits per heavy atom. The van der Waals surface area contributed by atoms with Crippen molar-refractivity contribution in [2.24, 2.45) is 0 Å². The minimum atomic E-state index is -0.454. The highest BCUT2D eigenvalue weighted by Gasteiger charge is 2.30. The molecule has 30 heavy (non-hydrogen) atoms. The summed E-state index contributed by atoms with van der Waals surface area (Å²) in [5.74, 6) is 0.679. The Hall–Kier alpha value is -3.09. The molecule has 2 aromatic carbocycles. The average molecular weight is 444 g/mol. The Bertz CT molecular complexity index is 1180. The first-order valence-corrected chi connectivity index (χ1v) is 9.81. The van der Waals surface area contributed by atoms with Gasteiger partial charge in [-0.25, -0.2) is 0 Å². The predicted octanol–water partition coefficient (Wildman–Crippen LogP) is 5.44. The molecule has 6 nitrogen and oxygen atoms in total. The zero-order chi connectivity index (χ0) is 21.3. The molecule has 152 valence electrons. The molecule has 4 rings (SSSR count). The molecular formula is C22H15Cl2NO5. The molecule has 3 aromatic rings. The number of aromatic nitrogens is 1. The molecule has 0 saturated heterocycles. The minimum Gasteiger partial charge on any atom is -0.452 e. The second-order valence-electron chi connectivity index (χ2n) is 6.65. The third kappa shape index (κ3) is 4.25. The Morgan fingerprint density at radius 3 is 2.77 bits per heavy atom. The lowest BCUT2D eigenvalue weighted by atomic mass is 10.1. The lowest BCUT2D eigenvalue weighted by Gasteiger charge is -2.09. The van der Waals surface area contributed by atoms with Gasteiger partial charge in [-0.05, 0) is 42.8 Å². The van der Waals surface area contributed by atoms with Crippen molar-refractivity contribution in [3.8, 4) is 11.5 Å². The highest BCUT2D eigenvalue weighted by molar-refractivity contribution is 6.30. The highest BCUT2D eigenvalue weighted by atomic mass is 35.5. The predicted molar refractivity (Wildman–Crippen MR) is 111 cm³/mol. The smallest absolute Gasteiger partial charge is 0.311 e. The summed E-state index contributed by atoms with van der Waals surface area (Å²) in [6.45, 7) is 1.73. The Labute approximate surface area is 182 Å². The number of allylic oxidation sites excluding steroid dienone is 1. The van der Waals surface area contributed by atoms with Gasteiger partial charge in [-0.2, -0.15) is 0 Å². The van der Waals surface area contributed by atoms with Gasteiger partial charge in [-0.3, -0.25) is 9.59 Å². The number of hydrogen-bond donors (Lipinski definition) is 0. The standard InChI is InChI=1S/C22H15Cl2NO5/c1-12-17(28-20(26)8-5-15-11-19(24)25-30-15)7-6-16-21(27)18(29-22(12)16)10-13-3-2-4-14(23)9-13/h2-4,6-7,9-11H,5,8H2,1H3/b18-10-. The first kappa shape index (κ1) is 20.2. The van der Waals surface area contributed by atoms with Crippen LogP contribution in [0.5, 0.6) is 11.5 Å². The van der Waals surface area contributed by atoms with Crippen LogP contribution in [0.3, 0.4) is 0 Å². The van der Waals surface area contributed by atoms with Crippen LogP contribution < -0.4 is 9.47 Å². The van der Waals surface area contributed by atoms with Crippen LogP contribution in [0, 0.1) is 6.92 Å². The fourth-order valence-corrected chi connectivity index (χ4v) is 3.39. The summed E-state index contributed by atoms with van der Waals surface area (Å²) >= 11 is 11.7. The van der Waals surface area contributed by atoms with Crippen molar-refractivity contribution in [2.45, 2.75) is 19.8 Å². The van der Waals surface area contributed by atoms with Crippen molar-refractivity contribution < 1.29 is 23.6 Å². The van der Waals surface area contributed by atoms with E-state index in [2.05, 4.69) is 5.16 Å². The number of Topliss-reactive ketones (excluding diaryl/α,β-unsaturated/α-hetero) is 1. The van der Waals surface area contributed by atoms with E-state index < -0.39 is 5.97 Å². The summed E-state index contributed by atoms with van der Waals surface area (Å²) < 4.78 is 16.2. The Balaban J connectivity index is 1.49. The molecule has 0 spiro atoms. The first-order chi connectivity index (χ1) is 14.4. The molecular weight excluding hydrogens is 429 g/mol. The van der Waals surface area contributed by atoms with Crippen LogP contribution in [0.15, 0.2) is 52.7 Å². The fraction of sp³-hybridized carbons (Fsp3) is 0.136. The summed E-state index contributed by atoms with van der Waals surface area (Å²) in [4.78, 5) is 24.9. The van der Waals surface area contributed by atoms with E-state index >= 15 is 0 Å². The number of carbonyl (C=O) groups is 2. The van der Waals surface area contributed by atoms with E-state index in [4.69, 9.17) is 37.2 Å². The van der Waals surface area contributed by atoms with E-state index in [-0.39, 0.29) is 23.1 Å². The van der Waals surface area contributed by atoms with Crippen molar-refractivity contribution in [3.05, 3.63) is 80.9 Å². The molecule has 0 radical (unpaired) electrons. The molecule has 0 amide bonds. The van der Waals surface area contributed by atoms with Crippen molar-refractivity contribution in [1.82, 2.24) is 5.16 Å². The van der Waals surface area contributed by atoms with Gasteiger partial charge in [0.25, 0.3) is 0 Å². The molecule has 0 fully saturated rings. The van der Waals surface area contributed by atoms with Crippen molar-refractivity contribution >= 4 is 41.0 Å². The maximum atomic E-state index is 12.7.